The summed E-state index contributed by atoms with van der Waals surface area (Å²) < 4.78 is 9.15. The average Bonchev–Trinajstić information content (AvgIpc) is 2.67. The van der Waals surface area contributed by atoms with Crippen LogP contribution in [0.2, 0.25) is 0 Å². The van der Waals surface area contributed by atoms with E-state index in [-0.39, 0.29) is 12.3 Å². The molecule has 0 aromatic rings. The largest absolute Gasteiger partial charge is 0.469 e. The van der Waals surface area contributed by atoms with Gasteiger partial charge < -0.3 is 14.8 Å². The third kappa shape index (κ3) is 15.2. The van der Waals surface area contributed by atoms with Gasteiger partial charge in [-0.05, 0) is 6.42 Å². The highest BCUT2D eigenvalue weighted by atomic mass is 16.5. The van der Waals surface area contributed by atoms with Gasteiger partial charge in [-0.25, -0.2) is 4.79 Å². The number of amides is 1. The van der Waals surface area contributed by atoms with Gasteiger partial charge in [-0.3, -0.25) is 9.59 Å². The van der Waals surface area contributed by atoms with Gasteiger partial charge in [0.2, 0.25) is 5.91 Å². The van der Waals surface area contributed by atoms with Crippen LogP contribution < -0.4 is 5.32 Å². The van der Waals surface area contributed by atoms with Crippen molar-refractivity contribution < 1.29 is 23.9 Å². The topological polar surface area (TPSA) is 81.7 Å². The highest BCUT2D eigenvalue weighted by Gasteiger charge is 2.24. The molecular weight excluding hydrogens is 346 g/mol. The van der Waals surface area contributed by atoms with E-state index >= 15 is 0 Å². The van der Waals surface area contributed by atoms with E-state index in [0.717, 1.165) is 19.3 Å². The maximum atomic E-state index is 12.0. The van der Waals surface area contributed by atoms with Crippen LogP contribution in [0, 0.1) is 0 Å². The number of methoxy groups -OCH3 is 2. The van der Waals surface area contributed by atoms with Gasteiger partial charge in [0.1, 0.15) is 6.04 Å². The van der Waals surface area contributed by atoms with Crippen molar-refractivity contribution in [2.45, 2.75) is 103 Å². The Hall–Kier alpha value is -1.59. The standard InChI is InChI=1S/C21H39NO5/c1-4-5-6-7-8-9-10-11-12-13-14-15-16-19(23)22-18(21(25)27-3)17-20(24)26-2/h18H,4-17H2,1-3H3,(H,22,23)/t18-/m0/s1. The van der Waals surface area contributed by atoms with Crippen LogP contribution in [0.5, 0.6) is 0 Å². The van der Waals surface area contributed by atoms with Crippen molar-refractivity contribution >= 4 is 17.8 Å². The molecule has 1 amide bonds. The summed E-state index contributed by atoms with van der Waals surface area (Å²) in [6.07, 6.45) is 14.9. The Bertz CT molecular complexity index is 411. The molecule has 0 unspecified atom stereocenters. The summed E-state index contributed by atoms with van der Waals surface area (Å²) in [5, 5.41) is 2.56. The molecule has 0 aromatic heterocycles. The van der Waals surface area contributed by atoms with Crippen molar-refractivity contribution in [3.05, 3.63) is 0 Å². The number of rotatable bonds is 17. The molecule has 27 heavy (non-hydrogen) atoms. The van der Waals surface area contributed by atoms with Gasteiger partial charge in [0.05, 0.1) is 20.6 Å². The molecular formula is C21H39NO5. The van der Waals surface area contributed by atoms with Crippen LogP contribution in [0.15, 0.2) is 0 Å². The van der Waals surface area contributed by atoms with Crippen LogP contribution in [-0.4, -0.2) is 38.1 Å². The lowest BCUT2D eigenvalue weighted by atomic mass is 10.0. The number of esters is 2. The SMILES string of the molecule is CCCCCCCCCCCCCCC(=O)N[C@@H](CC(=O)OC)C(=O)OC. The number of nitrogens with one attached hydrogen (secondary N) is 1. The smallest absolute Gasteiger partial charge is 0.328 e. The van der Waals surface area contributed by atoms with Gasteiger partial charge in [0, 0.05) is 6.42 Å². The first-order valence-electron chi connectivity index (χ1n) is 10.5. The van der Waals surface area contributed by atoms with Crippen LogP contribution in [0.1, 0.15) is 96.8 Å². The van der Waals surface area contributed by atoms with Crippen molar-refractivity contribution in [1.29, 1.82) is 0 Å². The summed E-state index contributed by atoms with van der Waals surface area (Å²) in [6.45, 7) is 2.24. The van der Waals surface area contributed by atoms with Crippen molar-refractivity contribution in [3.8, 4) is 0 Å². The third-order valence-corrected chi connectivity index (χ3v) is 4.68. The molecule has 0 heterocycles. The summed E-state index contributed by atoms with van der Waals surface area (Å²) in [4.78, 5) is 34.9. The second-order valence-electron chi connectivity index (χ2n) is 7.06. The summed E-state index contributed by atoms with van der Waals surface area (Å²) in [7, 11) is 2.47. The van der Waals surface area contributed by atoms with Crippen LogP contribution in [-0.2, 0) is 23.9 Å². The maximum Gasteiger partial charge on any atom is 0.328 e. The Morgan fingerprint density at radius 2 is 1.22 bits per heavy atom. The maximum absolute atomic E-state index is 12.0. The molecule has 0 aliphatic carbocycles. The fourth-order valence-corrected chi connectivity index (χ4v) is 2.98. The van der Waals surface area contributed by atoms with Gasteiger partial charge >= 0.3 is 11.9 Å². The lowest BCUT2D eigenvalue weighted by Gasteiger charge is -2.15. The van der Waals surface area contributed by atoms with Crippen LogP contribution in [0.25, 0.3) is 0 Å². The summed E-state index contributed by atoms with van der Waals surface area (Å²) in [5.74, 6) is -1.43. The summed E-state index contributed by atoms with van der Waals surface area (Å²) >= 11 is 0. The highest BCUT2D eigenvalue weighted by Crippen LogP contribution is 2.12. The number of unbranched alkanes of at least 4 members (excludes halogenated alkanes) is 11. The fourth-order valence-electron chi connectivity index (χ4n) is 2.98. The number of ether oxygens (including phenoxy) is 2. The highest BCUT2D eigenvalue weighted by molar-refractivity contribution is 5.87. The number of hydrogen-bond acceptors (Lipinski definition) is 5. The zero-order valence-electron chi connectivity index (χ0n) is 17.5. The molecule has 0 bridgehead atoms. The molecule has 6 heteroatoms. The molecule has 1 atom stereocenters. The van der Waals surface area contributed by atoms with Crippen LogP contribution in [0.4, 0.5) is 0 Å². The minimum Gasteiger partial charge on any atom is -0.469 e. The van der Waals surface area contributed by atoms with Gasteiger partial charge in [-0.15, -0.1) is 0 Å². The summed E-state index contributed by atoms with van der Waals surface area (Å²) in [6, 6.07) is -0.979. The van der Waals surface area contributed by atoms with Crippen molar-refractivity contribution in [2.24, 2.45) is 0 Å². The quantitative estimate of drug-likeness (QED) is 0.298. The molecule has 0 saturated heterocycles. The molecule has 158 valence electrons. The number of carbonyl (C=O) groups is 3. The minimum atomic E-state index is -0.979. The van der Waals surface area contributed by atoms with E-state index in [2.05, 4.69) is 21.7 Å². The normalized spacial score (nSPS) is 11.7. The van der Waals surface area contributed by atoms with E-state index in [1.165, 1.54) is 72.0 Å². The lowest BCUT2D eigenvalue weighted by molar-refractivity contribution is -0.150. The van der Waals surface area contributed by atoms with Gasteiger partial charge in [-0.1, -0.05) is 77.6 Å². The van der Waals surface area contributed by atoms with E-state index in [0.29, 0.717) is 6.42 Å². The number of carbonyl (C=O) groups excluding carboxylic acids is 3. The van der Waals surface area contributed by atoms with Crippen molar-refractivity contribution in [2.75, 3.05) is 14.2 Å². The Morgan fingerprint density at radius 1 is 0.741 bits per heavy atom. The average molecular weight is 386 g/mol. The molecule has 0 aliphatic heterocycles. The van der Waals surface area contributed by atoms with Gasteiger partial charge in [-0.2, -0.15) is 0 Å². The first-order valence-corrected chi connectivity index (χ1v) is 10.5. The molecule has 0 spiro atoms. The van der Waals surface area contributed by atoms with Gasteiger partial charge in [0.15, 0.2) is 0 Å². The molecule has 0 saturated carbocycles. The Morgan fingerprint density at radius 3 is 1.67 bits per heavy atom. The third-order valence-electron chi connectivity index (χ3n) is 4.68. The molecule has 0 aromatic carbocycles. The number of hydrogen-bond donors (Lipinski definition) is 1. The Balaban J connectivity index is 3.69. The van der Waals surface area contributed by atoms with Crippen LogP contribution in [0.3, 0.4) is 0 Å². The summed E-state index contributed by atoms with van der Waals surface area (Å²) in [5.41, 5.74) is 0. The van der Waals surface area contributed by atoms with Crippen molar-refractivity contribution in [3.63, 3.8) is 0 Å². The first kappa shape index (κ1) is 25.4. The molecule has 0 rings (SSSR count). The molecule has 6 nitrogen and oxygen atoms in total. The molecule has 1 N–H and O–H groups in total. The van der Waals surface area contributed by atoms with E-state index in [4.69, 9.17) is 0 Å². The van der Waals surface area contributed by atoms with E-state index in [1.807, 2.05) is 0 Å². The fraction of sp³-hybridized carbons (Fsp3) is 0.857. The van der Waals surface area contributed by atoms with E-state index < -0.39 is 18.0 Å². The first-order chi connectivity index (χ1) is 13.0. The van der Waals surface area contributed by atoms with E-state index in [1.54, 1.807) is 0 Å². The predicted octanol–water partition coefficient (Wildman–Crippen LogP) is 4.30. The second-order valence-corrected chi connectivity index (χ2v) is 7.06. The Kier molecular flexibility index (Phi) is 16.8. The molecule has 0 fully saturated rings. The predicted molar refractivity (Wildman–Crippen MR) is 106 cm³/mol. The molecule has 0 aliphatic rings. The van der Waals surface area contributed by atoms with Gasteiger partial charge in [0.25, 0.3) is 0 Å². The Labute approximate surface area is 164 Å². The van der Waals surface area contributed by atoms with E-state index in [9.17, 15) is 14.4 Å². The second kappa shape index (κ2) is 17.8. The lowest BCUT2D eigenvalue weighted by Crippen LogP contribution is -2.43. The minimum absolute atomic E-state index is 0.215. The molecule has 0 radical (unpaired) electrons. The van der Waals surface area contributed by atoms with Crippen LogP contribution >= 0.6 is 0 Å². The monoisotopic (exact) mass is 385 g/mol. The zero-order valence-corrected chi connectivity index (χ0v) is 17.5. The van der Waals surface area contributed by atoms with Crippen molar-refractivity contribution in [1.82, 2.24) is 5.32 Å². The zero-order chi connectivity index (χ0) is 20.3.